The molecular formula is C20H28ClN3O4S. The van der Waals surface area contributed by atoms with Crippen molar-refractivity contribution in [3.05, 3.63) is 29.3 Å². The molecule has 7 nitrogen and oxygen atoms in total. The summed E-state index contributed by atoms with van der Waals surface area (Å²) < 4.78 is 23.2. The summed E-state index contributed by atoms with van der Waals surface area (Å²) in [5, 5.41) is 7.91. The molecule has 3 N–H and O–H groups in total. The Balaban J connectivity index is 0.000000960. The number of rotatable bonds is 5. The molecule has 160 valence electrons. The number of nitrogens with zero attached hydrogens (tertiary/aromatic N) is 2. The highest BCUT2D eigenvalue weighted by Gasteiger charge is 2.21. The molecule has 9 heteroatoms. The maximum Gasteiger partial charge on any atom is 0.402 e. The summed E-state index contributed by atoms with van der Waals surface area (Å²) in [6, 6.07) is 7.75. The molecule has 1 saturated heterocycles. The summed E-state index contributed by atoms with van der Waals surface area (Å²) in [5.41, 5.74) is 5.14. The molecule has 0 atom stereocenters. The Morgan fingerprint density at radius 2 is 1.72 bits per heavy atom. The number of primary amides is 1. The zero-order chi connectivity index (χ0) is 21.6. The standard InChI is InChI=1S/C19H25ClN2O2S.CH3NO2/c1-2-3-4-5-6-7-8-19(25(23)24)22-15-13-21(14-16-22)18-11-9-17(20)10-12-18;2-1(3)4/h9-12H,2-5,8,13-16H2,1H3;2H2,(H,3,4). The zero-order valence-corrected chi connectivity index (χ0v) is 18.2. The van der Waals surface area contributed by atoms with Crippen molar-refractivity contribution in [2.75, 3.05) is 31.1 Å². The van der Waals surface area contributed by atoms with Crippen molar-refractivity contribution in [2.24, 2.45) is 5.73 Å². The Morgan fingerprint density at radius 3 is 2.24 bits per heavy atom. The van der Waals surface area contributed by atoms with Gasteiger partial charge in [-0.25, -0.2) is 4.79 Å². The van der Waals surface area contributed by atoms with Crippen molar-refractivity contribution in [2.45, 2.75) is 39.0 Å². The largest absolute Gasteiger partial charge is 0.465 e. The Hall–Kier alpha value is -2.21. The van der Waals surface area contributed by atoms with Crippen LogP contribution in [0.1, 0.15) is 39.0 Å². The predicted octanol–water partition coefficient (Wildman–Crippen LogP) is 3.07. The minimum atomic E-state index is -2.21. The monoisotopic (exact) mass is 441 g/mol. The highest BCUT2D eigenvalue weighted by Crippen LogP contribution is 2.19. The van der Waals surface area contributed by atoms with Gasteiger partial charge in [0.1, 0.15) is 4.99 Å². The van der Waals surface area contributed by atoms with Crippen LogP contribution in [0.15, 0.2) is 24.3 Å². The summed E-state index contributed by atoms with van der Waals surface area (Å²) in [6.45, 7) is 5.09. The molecule has 29 heavy (non-hydrogen) atoms. The van der Waals surface area contributed by atoms with E-state index < -0.39 is 16.4 Å². The molecule has 0 spiro atoms. The highest BCUT2D eigenvalue weighted by molar-refractivity contribution is 7.72. The number of piperazine rings is 1. The van der Waals surface area contributed by atoms with Crippen molar-refractivity contribution in [3.63, 3.8) is 0 Å². The predicted molar refractivity (Wildman–Crippen MR) is 118 cm³/mol. The fourth-order valence-electron chi connectivity index (χ4n) is 2.83. The summed E-state index contributed by atoms with van der Waals surface area (Å²) in [4.78, 5) is 13.4. The van der Waals surface area contributed by atoms with Crippen LogP contribution in [-0.4, -0.2) is 55.7 Å². The van der Waals surface area contributed by atoms with Crippen molar-refractivity contribution in [3.8, 4) is 11.8 Å². The fourth-order valence-corrected chi connectivity index (χ4v) is 3.54. The third-order valence-electron chi connectivity index (χ3n) is 4.29. The number of hydrogen-bond donors (Lipinski definition) is 2. The third kappa shape index (κ3) is 10.2. The molecule has 0 bridgehead atoms. The van der Waals surface area contributed by atoms with Crippen LogP contribution in [0.2, 0.25) is 5.02 Å². The number of amides is 1. The van der Waals surface area contributed by atoms with Crippen LogP contribution in [0.25, 0.3) is 0 Å². The van der Waals surface area contributed by atoms with Gasteiger partial charge in [0.05, 0.1) is 6.42 Å². The van der Waals surface area contributed by atoms with Crippen molar-refractivity contribution in [1.82, 2.24) is 4.90 Å². The van der Waals surface area contributed by atoms with Gasteiger partial charge < -0.3 is 15.7 Å². The van der Waals surface area contributed by atoms with Crippen LogP contribution >= 0.6 is 11.6 Å². The van der Waals surface area contributed by atoms with Gasteiger partial charge in [-0.15, -0.1) is 5.92 Å². The molecule has 0 saturated carbocycles. The summed E-state index contributed by atoms with van der Waals surface area (Å²) >= 11 is 5.93. The number of halogens is 1. The Kier molecular flexibility index (Phi) is 11.9. The number of carboxylic acid groups (broad SMARTS) is 1. The molecule has 1 aromatic carbocycles. The molecular weight excluding hydrogens is 414 g/mol. The lowest BCUT2D eigenvalue weighted by Crippen LogP contribution is -2.49. The van der Waals surface area contributed by atoms with Crippen molar-refractivity contribution >= 4 is 38.7 Å². The van der Waals surface area contributed by atoms with Crippen molar-refractivity contribution < 1.29 is 18.3 Å². The Morgan fingerprint density at radius 1 is 1.14 bits per heavy atom. The maximum atomic E-state index is 11.6. The van der Waals surface area contributed by atoms with Gasteiger partial charge in [-0.05, 0) is 30.7 Å². The van der Waals surface area contributed by atoms with Gasteiger partial charge in [0, 0.05) is 43.3 Å². The van der Waals surface area contributed by atoms with E-state index in [1.165, 1.54) is 12.8 Å². The molecule has 1 fully saturated rings. The summed E-state index contributed by atoms with van der Waals surface area (Å²) in [6.07, 6.45) is 3.24. The zero-order valence-electron chi connectivity index (χ0n) is 16.6. The van der Waals surface area contributed by atoms with Gasteiger partial charge in [0.25, 0.3) is 0 Å². The van der Waals surface area contributed by atoms with E-state index in [1.54, 1.807) is 0 Å². The molecule has 1 aliphatic heterocycles. The number of nitrogens with two attached hydrogens (primary N) is 1. The number of carbonyl (C=O) groups is 1. The first kappa shape index (κ1) is 24.8. The number of benzene rings is 1. The molecule has 1 amide bonds. The minimum absolute atomic E-state index is 0.309. The van der Waals surface area contributed by atoms with Crippen LogP contribution in [0.3, 0.4) is 0 Å². The fraction of sp³-hybridized carbons (Fsp3) is 0.500. The maximum absolute atomic E-state index is 11.6. The van der Waals surface area contributed by atoms with Gasteiger partial charge in [-0.3, -0.25) is 4.90 Å². The van der Waals surface area contributed by atoms with Gasteiger partial charge in [0.2, 0.25) is 10.3 Å². The minimum Gasteiger partial charge on any atom is -0.465 e. The van der Waals surface area contributed by atoms with Crippen LogP contribution < -0.4 is 10.6 Å². The van der Waals surface area contributed by atoms with Crippen LogP contribution in [0.5, 0.6) is 0 Å². The van der Waals surface area contributed by atoms with Gasteiger partial charge in [-0.2, -0.15) is 8.42 Å². The van der Waals surface area contributed by atoms with E-state index in [9.17, 15) is 8.42 Å². The number of unbranched alkanes of at least 4 members (excludes halogenated alkanes) is 3. The highest BCUT2D eigenvalue weighted by atomic mass is 35.5. The first-order valence-electron chi connectivity index (χ1n) is 9.49. The second kappa shape index (κ2) is 13.9. The van der Waals surface area contributed by atoms with Gasteiger partial charge in [0.15, 0.2) is 0 Å². The van der Waals surface area contributed by atoms with E-state index in [4.69, 9.17) is 21.5 Å². The molecule has 0 radical (unpaired) electrons. The lowest BCUT2D eigenvalue weighted by molar-refractivity contribution is 0.205. The van der Waals surface area contributed by atoms with Crippen LogP contribution in [0.4, 0.5) is 10.5 Å². The second-order valence-electron chi connectivity index (χ2n) is 6.40. The van der Waals surface area contributed by atoms with Gasteiger partial charge >= 0.3 is 6.09 Å². The normalized spacial score (nSPS) is 13.5. The van der Waals surface area contributed by atoms with E-state index in [2.05, 4.69) is 29.4 Å². The Bertz CT molecular complexity index is 825. The Labute approximate surface area is 179 Å². The first-order chi connectivity index (χ1) is 13.8. The smallest absolute Gasteiger partial charge is 0.402 e. The number of anilines is 1. The second-order valence-corrected chi connectivity index (χ2v) is 7.78. The SMILES string of the molecule is CCCCCC#CCC(N1CCN(c2ccc(Cl)cc2)CC1)=S(=O)=O.NC(=O)O. The lowest BCUT2D eigenvalue weighted by atomic mass is 10.2. The summed E-state index contributed by atoms with van der Waals surface area (Å²) in [7, 11) is -2.21. The van der Waals surface area contributed by atoms with E-state index in [0.29, 0.717) is 24.5 Å². The van der Waals surface area contributed by atoms with Gasteiger partial charge in [-0.1, -0.05) is 37.3 Å². The summed E-state index contributed by atoms with van der Waals surface area (Å²) in [5.74, 6) is 6.11. The molecule has 0 unspecified atom stereocenters. The molecule has 0 aliphatic carbocycles. The van der Waals surface area contributed by atoms with Crippen molar-refractivity contribution in [1.29, 1.82) is 0 Å². The average Bonchev–Trinajstić information content (AvgIpc) is 2.68. The number of hydrogen-bond acceptors (Lipinski definition) is 4. The topological polar surface area (TPSA) is 104 Å². The van der Waals surface area contributed by atoms with Crippen LogP contribution in [0, 0.1) is 11.8 Å². The lowest BCUT2D eigenvalue weighted by Gasteiger charge is -2.35. The average molecular weight is 442 g/mol. The van der Waals surface area contributed by atoms with E-state index >= 15 is 0 Å². The third-order valence-corrected chi connectivity index (χ3v) is 5.33. The van der Waals surface area contributed by atoms with E-state index in [-0.39, 0.29) is 0 Å². The first-order valence-corrected chi connectivity index (χ1v) is 10.9. The molecule has 1 aromatic rings. The molecule has 1 heterocycles. The molecule has 1 aliphatic rings. The van der Waals surface area contributed by atoms with E-state index in [0.717, 1.165) is 36.6 Å². The van der Waals surface area contributed by atoms with Crippen LogP contribution in [-0.2, 0) is 10.3 Å². The van der Waals surface area contributed by atoms with E-state index in [1.807, 2.05) is 29.2 Å². The molecule has 2 rings (SSSR count). The quantitative estimate of drug-likeness (QED) is 0.413. The molecule has 0 aromatic heterocycles.